The second-order valence-electron chi connectivity index (χ2n) is 5.61. The largest absolute Gasteiger partial charge is 0.352 e. The van der Waals surface area contributed by atoms with Gasteiger partial charge < -0.3 is 15.5 Å². The number of unbranched alkanes of at least 4 members (excludes halogenated alkanes) is 2. The SMILES string of the molecule is CCN(CC)CCCCCNC(=O)c1cccc(NC(C)=O)c1. The Labute approximate surface area is 139 Å². The number of carbonyl (C=O) groups excluding carboxylic acids is 2. The number of nitrogens with zero attached hydrogens (tertiary/aromatic N) is 1. The topological polar surface area (TPSA) is 61.4 Å². The van der Waals surface area contributed by atoms with Crippen molar-refractivity contribution in [3.63, 3.8) is 0 Å². The van der Waals surface area contributed by atoms with E-state index in [2.05, 4.69) is 29.4 Å². The predicted molar refractivity (Wildman–Crippen MR) is 94.7 cm³/mol. The quantitative estimate of drug-likeness (QED) is 0.652. The first-order valence-corrected chi connectivity index (χ1v) is 8.45. The molecule has 0 fully saturated rings. The van der Waals surface area contributed by atoms with E-state index in [-0.39, 0.29) is 11.8 Å². The number of nitrogens with one attached hydrogen (secondary N) is 2. The van der Waals surface area contributed by atoms with Crippen LogP contribution >= 0.6 is 0 Å². The standard InChI is InChI=1S/C18H29N3O2/c1-4-21(5-2)13-8-6-7-12-19-18(23)16-10-9-11-17(14-16)20-15(3)22/h9-11,14H,4-8,12-13H2,1-3H3,(H,19,23)(H,20,22). The molecule has 5 nitrogen and oxygen atoms in total. The summed E-state index contributed by atoms with van der Waals surface area (Å²) in [6.07, 6.45) is 3.26. The van der Waals surface area contributed by atoms with Crippen molar-refractivity contribution in [1.82, 2.24) is 10.2 Å². The maximum Gasteiger partial charge on any atom is 0.251 e. The summed E-state index contributed by atoms with van der Waals surface area (Å²) >= 11 is 0. The molecule has 2 amide bonds. The molecule has 0 aromatic heterocycles. The fourth-order valence-electron chi connectivity index (χ4n) is 2.42. The van der Waals surface area contributed by atoms with Gasteiger partial charge >= 0.3 is 0 Å². The van der Waals surface area contributed by atoms with Gasteiger partial charge in [0, 0.05) is 24.7 Å². The number of carbonyl (C=O) groups is 2. The molecule has 0 aliphatic carbocycles. The summed E-state index contributed by atoms with van der Waals surface area (Å²) in [5.41, 5.74) is 1.21. The first-order chi connectivity index (χ1) is 11.1. The van der Waals surface area contributed by atoms with Crippen LogP contribution in [0.4, 0.5) is 5.69 Å². The van der Waals surface area contributed by atoms with Crippen LogP contribution in [0.2, 0.25) is 0 Å². The zero-order chi connectivity index (χ0) is 17.1. The average molecular weight is 319 g/mol. The van der Waals surface area contributed by atoms with Gasteiger partial charge in [-0.1, -0.05) is 26.3 Å². The maximum absolute atomic E-state index is 12.1. The molecule has 0 radical (unpaired) electrons. The smallest absolute Gasteiger partial charge is 0.251 e. The van der Waals surface area contributed by atoms with Crippen molar-refractivity contribution in [2.75, 3.05) is 31.5 Å². The summed E-state index contributed by atoms with van der Waals surface area (Å²) in [4.78, 5) is 25.5. The van der Waals surface area contributed by atoms with Crippen LogP contribution in [0.3, 0.4) is 0 Å². The van der Waals surface area contributed by atoms with Gasteiger partial charge in [-0.25, -0.2) is 0 Å². The minimum atomic E-state index is -0.143. The minimum absolute atomic E-state index is 0.0963. The van der Waals surface area contributed by atoms with Crippen LogP contribution in [0.25, 0.3) is 0 Å². The molecule has 0 saturated carbocycles. The molecule has 0 atom stereocenters. The molecule has 1 aromatic rings. The summed E-state index contributed by atoms with van der Waals surface area (Å²) < 4.78 is 0. The van der Waals surface area contributed by atoms with E-state index < -0.39 is 0 Å². The molecule has 128 valence electrons. The molecule has 0 unspecified atom stereocenters. The predicted octanol–water partition coefficient (Wildman–Crippen LogP) is 2.89. The maximum atomic E-state index is 12.1. The Kier molecular flexibility index (Phi) is 8.98. The van der Waals surface area contributed by atoms with Gasteiger partial charge in [0.05, 0.1) is 0 Å². The van der Waals surface area contributed by atoms with Crippen LogP contribution in [0.5, 0.6) is 0 Å². The Morgan fingerprint density at radius 3 is 2.48 bits per heavy atom. The number of anilines is 1. The molecule has 1 aromatic carbocycles. The average Bonchev–Trinajstić information content (AvgIpc) is 2.53. The van der Waals surface area contributed by atoms with E-state index >= 15 is 0 Å². The number of hydrogen-bond acceptors (Lipinski definition) is 3. The summed E-state index contributed by atoms with van der Waals surface area (Å²) in [5, 5.41) is 5.61. The molecule has 1 rings (SSSR count). The van der Waals surface area contributed by atoms with Crippen LogP contribution in [0, 0.1) is 0 Å². The lowest BCUT2D eigenvalue weighted by molar-refractivity contribution is -0.114. The van der Waals surface area contributed by atoms with Gasteiger partial charge in [0.1, 0.15) is 0 Å². The number of benzene rings is 1. The number of rotatable bonds is 10. The summed E-state index contributed by atoms with van der Waals surface area (Å²) in [6.45, 7) is 9.81. The molecule has 23 heavy (non-hydrogen) atoms. The van der Waals surface area contributed by atoms with Crippen molar-refractivity contribution in [2.24, 2.45) is 0 Å². The van der Waals surface area contributed by atoms with Crippen molar-refractivity contribution in [2.45, 2.75) is 40.0 Å². The van der Waals surface area contributed by atoms with Crippen LogP contribution in [0.15, 0.2) is 24.3 Å². The van der Waals surface area contributed by atoms with E-state index in [0.717, 1.165) is 38.9 Å². The van der Waals surface area contributed by atoms with Crippen molar-refractivity contribution in [3.8, 4) is 0 Å². The van der Waals surface area contributed by atoms with E-state index in [4.69, 9.17) is 0 Å². The highest BCUT2D eigenvalue weighted by Gasteiger charge is 2.06. The van der Waals surface area contributed by atoms with Gasteiger partial charge in [-0.2, -0.15) is 0 Å². The second-order valence-corrected chi connectivity index (χ2v) is 5.61. The van der Waals surface area contributed by atoms with Crippen LogP contribution in [0.1, 0.15) is 50.4 Å². The molecule has 0 aliphatic rings. The Hall–Kier alpha value is -1.88. The summed E-state index contributed by atoms with van der Waals surface area (Å²) in [6, 6.07) is 6.98. The van der Waals surface area contributed by atoms with E-state index in [1.165, 1.54) is 6.92 Å². The van der Waals surface area contributed by atoms with Crippen LogP contribution < -0.4 is 10.6 Å². The zero-order valence-electron chi connectivity index (χ0n) is 14.5. The van der Waals surface area contributed by atoms with E-state index in [1.807, 2.05) is 0 Å². The second kappa shape index (κ2) is 10.8. The van der Waals surface area contributed by atoms with Crippen LogP contribution in [-0.4, -0.2) is 42.9 Å². The molecule has 0 heterocycles. The molecular formula is C18H29N3O2. The third-order valence-corrected chi connectivity index (χ3v) is 3.78. The molecule has 2 N–H and O–H groups in total. The van der Waals surface area contributed by atoms with Gasteiger partial charge in [-0.05, 0) is 50.7 Å². The third-order valence-electron chi connectivity index (χ3n) is 3.78. The molecule has 5 heteroatoms. The fraction of sp³-hybridized carbons (Fsp3) is 0.556. The summed E-state index contributed by atoms with van der Waals surface area (Å²) in [5.74, 6) is -0.239. The Balaban J connectivity index is 2.27. The first kappa shape index (κ1) is 19.2. The number of amides is 2. The van der Waals surface area contributed by atoms with Gasteiger partial charge in [0.2, 0.25) is 5.91 Å². The lowest BCUT2D eigenvalue weighted by Gasteiger charge is -2.17. The van der Waals surface area contributed by atoms with E-state index in [9.17, 15) is 9.59 Å². The lowest BCUT2D eigenvalue weighted by atomic mass is 10.1. The molecule has 0 spiro atoms. The summed E-state index contributed by atoms with van der Waals surface area (Å²) in [7, 11) is 0. The molecule has 0 saturated heterocycles. The highest BCUT2D eigenvalue weighted by Crippen LogP contribution is 2.10. The monoisotopic (exact) mass is 319 g/mol. The van der Waals surface area contributed by atoms with E-state index in [0.29, 0.717) is 17.8 Å². The molecule has 0 bridgehead atoms. The van der Waals surface area contributed by atoms with Crippen LogP contribution in [-0.2, 0) is 4.79 Å². The highest BCUT2D eigenvalue weighted by molar-refractivity contribution is 5.96. The zero-order valence-corrected chi connectivity index (χ0v) is 14.5. The van der Waals surface area contributed by atoms with Gasteiger partial charge in [-0.3, -0.25) is 9.59 Å². The van der Waals surface area contributed by atoms with Gasteiger partial charge in [0.15, 0.2) is 0 Å². The Morgan fingerprint density at radius 2 is 1.83 bits per heavy atom. The number of hydrogen-bond donors (Lipinski definition) is 2. The van der Waals surface area contributed by atoms with Crippen molar-refractivity contribution < 1.29 is 9.59 Å². The third kappa shape index (κ3) is 7.79. The Bertz CT molecular complexity index is 499. The van der Waals surface area contributed by atoms with Gasteiger partial charge in [-0.15, -0.1) is 0 Å². The minimum Gasteiger partial charge on any atom is -0.352 e. The van der Waals surface area contributed by atoms with Gasteiger partial charge in [0.25, 0.3) is 5.91 Å². The Morgan fingerprint density at radius 1 is 1.09 bits per heavy atom. The highest BCUT2D eigenvalue weighted by atomic mass is 16.2. The van der Waals surface area contributed by atoms with E-state index in [1.54, 1.807) is 24.3 Å². The van der Waals surface area contributed by atoms with Crippen molar-refractivity contribution in [3.05, 3.63) is 29.8 Å². The normalized spacial score (nSPS) is 10.6. The fourth-order valence-corrected chi connectivity index (χ4v) is 2.42. The molecule has 0 aliphatic heterocycles. The lowest BCUT2D eigenvalue weighted by Crippen LogP contribution is -2.26. The van der Waals surface area contributed by atoms with Crippen molar-refractivity contribution >= 4 is 17.5 Å². The first-order valence-electron chi connectivity index (χ1n) is 8.45. The van der Waals surface area contributed by atoms with Crippen molar-refractivity contribution in [1.29, 1.82) is 0 Å². The molecular weight excluding hydrogens is 290 g/mol.